The number of carbonyl (C=O) groups is 1. The van der Waals surface area contributed by atoms with Gasteiger partial charge in [0.1, 0.15) is 11.7 Å². The Balaban J connectivity index is 1.64. The number of H-pyrrole nitrogens is 1. The van der Waals surface area contributed by atoms with E-state index in [2.05, 4.69) is 20.1 Å². The summed E-state index contributed by atoms with van der Waals surface area (Å²) in [6, 6.07) is 3.71. The number of pyridine rings is 1. The average Bonchev–Trinajstić information content (AvgIpc) is 3.53. The van der Waals surface area contributed by atoms with E-state index in [1.165, 1.54) is 24.5 Å². The van der Waals surface area contributed by atoms with Crippen molar-refractivity contribution in [1.29, 1.82) is 0 Å². The third-order valence-electron chi connectivity index (χ3n) is 5.82. The van der Waals surface area contributed by atoms with Crippen molar-refractivity contribution >= 4 is 11.4 Å². The van der Waals surface area contributed by atoms with Gasteiger partial charge in [0.15, 0.2) is 11.4 Å². The van der Waals surface area contributed by atoms with Crippen molar-refractivity contribution in [3.05, 3.63) is 70.7 Å². The first kappa shape index (κ1) is 23.9. The zero-order valence-corrected chi connectivity index (χ0v) is 18.8. The van der Waals surface area contributed by atoms with Crippen LogP contribution < -0.4 is 0 Å². The third kappa shape index (κ3) is 3.89. The normalized spacial score (nSPS) is 16.7. The standard InChI is InChI=1S/C22H18F6N6O2/c1-21(2,25)20-31-15(18(23)24)17(36-20)19(35)33-7-6-11-14(30-9-29-11)16(33)12-8-10-4-3-5-13(22(26,27)28)34(10)32-12/h3-5,8-9,16,18H,6-7H2,1-2H3,(H,29,30)/t16-/m0/s1. The summed E-state index contributed by atoms with van der Waals surface area (Å²) in [5, 5.41) is 4.10. The van der Waals surface area contributed by atoms with Crippen molar-refractivity contribution in [3.8, 4) is 0 Å². The number of rotatable bonds is 4. The van der Waals surface area contributed by atoms with Crippen LogP contribution in [0.25, 0.3) is 5.52 Å². The predicted octanol–water partition coefficient (Wildman–Crippen LogP) is 4.99. The number of halogens is 6. The lowest BCUT2D eigenvalue weighted by atomic mass is 9.99. The number of fused-ring (bicyclic) bond motifs is 2. The fourth-order valence-corrected chi connectivity index (χ4v) is 4.20. The lowest BCUT2D eigenvalue weighted by Gasteiger charge is -2.33. The summed E-state index contributed by atoms with van der Waals surface area (Å²) in [5.74, 6) is -2.59. The van der Waals surface area contributed by atoms with Crippen LogP contribution in [-0.2, 0) is 18.3 Å². The van der Waals surface area contributed by atoms with E-state index in [1.807, 2.05) is 0 Å². The van der Waals surface area contributed by atoms with Crippen LogP contribution in [0.2, 0.25) is 0 Å². The number of carbonyl (C=O) groups excluding carboxylic acids is 1. The smallest absolute Gasteiger partial charge is 0.431 e. The van der Waals surface area contributed by atoms with Crippen LogP contribution in [0.4, 0.5) is 26.3 Å². The number of aromatic nitrogens is 5. The maximum absolute atomic E-state index is 14.4. The molecule has 5 heterocycles. The Kier molecular flexibility index (Phi) is 5.37. The van der Waals surface area contributed by atoms with E-state index in [9.17, 15) is 31.1 Å². The minimum Gasteiger partial charge on any atom is -0.431 e. The SMILES string of the molecule is CC(C)(F)c1nc(C(F)F)c(C(=O)N2CCc3[nH]cnc3[C@@H]2c2cc3cccc(C(F)(F)F)n3n2)o1. The second-order valence-corrected chi connectivity index (χ2v) is 8.74. The highest BCUT2D eigenvalue weighted by Gasteiger charge is 2.42. The molecule has 190 valence electrons. The van der Waals surface area contributed by atoms with Gasteiger partial charge in [0, 0.05) is 18.7 Å². The molecule has 0 aromatic carbocycles. The number of hydrogen-bond acceptors (Lipinski definition) is 5. The Morgan fingerprint density at radius 2 is 1.97 bits per heavy atom. The molecule has 0 unspecified atom stereocenters. The summed E-state index contributed by atoms with van der Waals surface area (Å²) in [5.41, 5.74) is -3.28. The van der Waals surface area contributed by atoms with Crippen molar-refractivity contribution in [1.82, 2.24) is 29.5 Å². The van der Waals surface area contributed by atoms with Gasteiger partial charge in [-0.05, 0) is 32.0 Å². The lowest BCUT2D eigenvalue weighted by molar-refractivity contribution is -0.142. The molecule has 0 fully saturated rings. The zero-order chi connectivity index (χ0) is 26.0. The lowest BCUT2D eigenvalue weighted by Crippen LogP contribution is -2.41. The minimum absolute atomic E-state index is 0.0252. The van der Waals surface area contributed by atoms with Gasteiger partial charge >= 0.3 is 6.18 Å². The molecule has 0 radical (unpaired) electrons. The second kappa shape index (κ2) is 8.10. The number of nitrogens with zero attached hydrogens (tertiary/aromatic N) is 5. The molecule has 1 amide bonds. The summed E-state index contributed by atoms with van der Waals surface area (Å²) in [4.78, 5) is 25.2. The minimum atomic E-state index is -4.70. The van der Waals surface area contributed by atoms with E-state index in [0.717, 1.165) is 24.8 Å². The van der Waals surface area contributed by atoms with Gasteiger partial charge in [-0.2, -0.15) is 18.3 Å². The van der Waals surface area contributed by atoms with Crippen LogP contribution in [-0.4, -0.2) is 41.9 Å². The quantitative estimate of drug-likeness (QED) is 0.389. The topological polar surface area (TPSA) is 92.3 Å². The second-order valence-electron chi connectivity index (χ2n) is 8.74. The molecule has 1 aliphatic rings. The molecule has 4 aromatic heterocycles. The number of nitrogens with one attached hydrogen (secondary N) is 1. The summed E-state index contributed by atoms with van der Waals surface area (Å²) in [6.45, 7) is 2.05. The summed E-state index contributed by atoms with van der Waals surface area (Å²) in [6.07, 6.45) is -6.34. The Bertz CT molecular complexity index is 1450. The fraction of sp³-hybridized carbons (Fsp3) is 0.364. The first-order chi connectivity index (χ1) is 16.9. The molecule has 1 aliphatic heterocycles. The molecule has 4 aromatic rings. The van der Waals surface area contributed by atoms with E-state index in [4.69, 9.17) is 4.42 Å². The van der Waals surface area contributed by atoms with Gasteiger partial charge < -0.3 is 14.3 Å². The Morgan fingerprint density at radius 3 is 2.64 bits per heavy atom. The maximum atomic E-state index is 14.4. The van der Waals surface area contributed by atoms with Gasteiger partial charge in [-0.1, -0.05) is 6.07 Å². The van der Waals surface area contributed by atoms with Crippen LogP contribution in [0.15, 0.2) is 35.0 Å². The van der Waals surface area contributed by atoms with Crippen molar-refractivity contribution in [2.75, 3.05) is 6.54 Å². The van der Waals surface area contributed by atoms with Crippen molar-refractivity contribution in [2.24, 2.45) is 0 Å². The molecule has 14 heteroatoms. The highest BCUT2D eigenvalue weighted by atomic mass is 19.4. The maximum Gasteiger partial charge on any atom is 0.433 e. The van der Waals surface area contributed by atoms with E-state index in [0.29, 0.717) is 10.2 Å². The average molecular weight is 512 g/mol. The molecule has 0 aliphatic carbocycles. The summed E-state index contributed by atoms with van der Waals surface area (Å²) < 4.78 is 88.3. The molecule has 5 rings (SSSR count). The molecule has 0 bridgehead atoms. The van der Waals surface area contributed by atoms with E-state index in [1.54, 1.807) is 0 Å². The van der Waals surface area contributed by atoms with Crippen LogP contribution >= 0.6 is 0 Å². The number of aromatic amines is 1. The molecular weight excluding hydrogens is 494 g/mol. The monoisotopic (exact) mass is 512 g/mol. The summed E-state index contributed by atoms with van der Waals surface area (Å²) in [7, 11) is 0. The van der Waals surface area contributed by atoms with Crippen molar-refractivity contribution in [2.45, 2.75) is 44.6 Å². The van der Waals surface area contributed by atoms with Crippen LogP contribution in [0.3, 0.4) is 0 Å². The fourth-order valence-electron chi connectivity index (χ4n) is 4.20. The van der Waals surface area contributed by atoms with Crippen molar-refractivity contribution in [3.63, 3.8) is 0 Å². The Morgan fingerprint density at radius 1 is 1.22 bits per heavy atom. The van der Waals surface area contributed by atoms with E-state index >= 15 is 0 Å². The van der Waals surface area contributed by atoms with Gasteiger partial charge in [0.05, 0.1) is 23.2 Å². The van der Waals surface area contributed by atoms with E-state index < -0.39 is 53.3 Å². The largest absolute Gasteiger partial charge is 0.433 e. The van der Waals surface area contributed by atoms with Gasteiger partial charge in [0.25, 0.3) is 12.3 Å². The van der Waals surface area contributed by atoms with Gasteiger partial charge in [-0.15, -0.1) is 0 Å². The van der Waals surface area contributed by atoms with Crippen LogP contribution in [0.1, 0.15) is 71.2 Å². The molecule has 1 atom stereocenters. The number of oxazole rings is 1. The van der Waals surface area contributed by atoms with Crippen molar-refractivity contribution < 1.29 is 35.6 Å². The number of alkyl halides is 6. The third-order valence-corrected chi connectivity index (χ3v) is 5.82. The number of imidazole rings is 1. The molecule has 8 nitrogen and oxygen atoms in total. The zero-order valence-electron chi connectivity index (χ0n) is 18.8. The molecule has 1 N–H and O–H groups in total. The molecule has 36 heavy (non-hydrogen) atoms. The van der Waals surface area contributed by atoms with Crippen LogP contribution in [0, 0.1) is 0 Å². The van der Waals surface area contributed by atoms with Gasteiger partial charge in [-0.3, -0.25) is 4.79 Å². The molecule has 0 saturated heterocycles. The molecule has 0 spiro atoms. The Hall–Kier alpha value is -3.84. The highest BCUT2D eigenvalue weighted by molar-refractivity contribution is 5.93. The summed E-state index contributed by atoms with van der Waals surface area (Å²) >= 11 is 0. The molecular formula is C22H18F6N6O2. The van der Waals surface area contributed by atoms with Gasteiger partial charge in [-0.25, -0.2) is 27.7 Å². The first-order valence-electron chi connectivity index (χ1n) is 10.7. The first-order valence-corrected chi connectivity index (χ1v) is 10.7. The van der Waals surface area contributed by atoms with Crippen LogP contribution in [0.5, 0.6) is 0 Å². The van der Waals surface area contributed by atoms with E-state index in [-0.39, 0.29) is 29.9 Å². The highest BCUT2D eigenvalue weighted by Crippen LogP contribution is 2.38. The van der Waals surface area contributed by atoms with Gasteiger partial charge in [0.2, 0.25) is 11.7 Å². The number of hydrogen-bond donors (Lipinski definition) is 1. The molecule has 0 saturated carbocycles. The Labute approximate surface area is 198 Å². The number of amides is 1. The predicted molar refractivity (Wildman–Crippen MR) is 111 cm³/mol.